The lowest BCUT2D eigenvalue weighted by Crippen LogP contribution is -2.52. The van der Waals surface area contributed by atoms with Crippen molar-refractivity contribution in [2.45, 2.75) is 32.1 Å². The number of hydrogen-bond donors (Lipinski definition) is 1. The van der Waals surface area contributed by atoms with Gasteiger partial charge in [-0.1, -0.05) is 6.07 Å². The van der Waals surface area contributed by atoms with Crippen LogP contribution in [0.25, 0.3) is 0 Å². The fourth-order valence-electron chi connectivity index (χ4n) is 4.33. The van der Waals surface area contributed by atoms with Crippen molar-refractivity contribution in [1.29, 1.82) is 0 Å². The number of nitrogens with two attached hydrogens (primary N) is 1. The van der Waals surface area contributed by atoms with Gasteiger partial charge in [0.15, 0.2) is 0 Å². The van der Waals surface area contributed by atoms with Gasteiger partial charge in [0.1, 0.15) is 4.88 Å². The Morgan fingerprint density at radius 3 is 2.71 bits per heavy atom. The van der Waals surface area contributed by atoms with E-state index in [9.17, 15) is 9.59 Å². The highest BCUT2D eigenvalue weighted by Gasteiger charge is 2.41. The number of carbonyl (C=O) groups is 2. The predicted octanol–water partition coefficient (Wildman–Crippen LogP) is 2.81. The maximum atomic E-state index is 12.7. The fourth-order valence-corrected chi connectivity index (χ4v) is 5.12. The van der Waals surface area contributed by atoms with Crippen LogP contribution in [0.5, 0.6) is 0 Å². The summed E-state index contributed by atoms with van der Waals surface area (Å²) in [4.78, 5) is 34.1. The molecule has 2 aromatic heterocycles. The van der Waals surface area contributed by atoms with Gasteiger partial charge in [0.05, 0.1) is 5.69 Å². The molecule has 0 aliphatic carbocycles. The minimum Gasteiger partial charge on any atom is -0.397 e. The smallest absolute Gasteiger partial charge is 0.266 e. The molecule has 2 aliphatic heterocycles. The molecular formula is C21H26N4O2S. The second-order valence-electron chi connectivity index (χ2n) is 7.88. The normalized spacial score (nSPS) is 19.2. The van der Waals surface area contributed by atoms with Crippen LogP contribution in [0, 0.1) is 5.41 Å². The number of amides is 2. The van der Waals surface area contributed by atoms with Crippen LogP contribution in [0.3, 0.4) is 0 Å². The van der Waals surface area contributed by atoms with Crippen LogP contribution in [-0.4, -0.2) is 52.8 Å². The zero-order valence-electron chi connectivity index (χ0n) is 16.0. The van der Waals surface area contributed by atoms with Gasteiger partial charge in [-0.15, -0.1) is 11.3 Å². The van der Waals surface area contributed by atoms with Crippen LogP contribution in [0.15, 0.2) is 35.8 Å². The van der Waals surface area contributed by atoms with Gasteiger partial charge in [0, 0.05) is 50.9 Å². The van der Waals surface area contributed by atoms with Gasteiger partial charge in [0.2, 0.25) is 5.91 Å². The lowest BCUT2D eigenvalue weighted by Gasteiger charge is -2.47. The summed E-state index contributed by atoms with van der Waals surface area (Å²) in [5.74, 6) is 0.285. The minimum atomic E-state index is 0.0428. The molecule has 2 aliphatic rings. The maximum absolute atomic E-state index is 12.7. The Kier molecular flexibility index (Phi) is 5.35. The van der Waals surface area contributed by atoms with Crippen molar-refractivity contribution >= 4 is 28.8 Å². The first-order valence-corrected chi connectivity index (χ1v) is 10.7. The Morgan fingerprint density at radius 2 is 2.04 bits per heavy atom. The lowest BCUT2D eigenvalue weighted by atomic mass is 9.72. The summed E-state index contributed by atoms with van der Waals surface area (Å²) in [6, 6.07) is 7.68. The minimum absolute atomic E-state index is 0.0428. The molecule has 2 aromatic rings. The first-order chi connectivity index (χ1) is 13.6. The van der Waals surface area contributed by atoms with E-state index >= 15 is 0 Å². The number of rotatable bonds is 4. The molecule has 1 spiro atoms. The molecule has 2 N–H and O–H groups in total. The molecule has 2 amide bonds. The molecule has 7 heteroatoms. The van der Waals surface area contributed by atoms with Gasteiger partial charge in [0.25, 0.3) is 5.91 Å². The van der Waals surface area contributed by atoms with Crippen molar-refractivity contribution < 1.29 is 9.59 Å². The van der Waals surface area contributed by atoms with Gasteiger partial charge in [-0.3, -0.25) is 14.6 Å². The Bertz CT molecular complexity index is 843. The third-order valence-electron chi connectivity index (χ3n) is 6.11. The van der Waals surface area contributed by atoms with E-state index in [2.05, 4.69) is 4.98 Å². The van der Waals surface area contributed by atoms with E-state index < -0.39 is 0 Å². The number of anilines is 1. The molecule has 0 aromatic carbocycles. The Labute approximate surface area is 169 Å². The molecule has 2 fully saturated rings. The number of aromatic nitrogens is 1. The van der Waals surface area contributed by atoms with E-state index in [0.29, 0.717) is 23.5 Å². The number of pyridine rings is 1. The van der Waals surface area contributed by atoms with Crippen LogP contribution in [0.2, 0.25) is 0 Å². The van der Waals surface area contributed by atoms with E-state index in [1.54, 1.807) is 12.3 Å². The van der Waals surface area contributed by atoms with Crippen LogP contribution < -0.4 is 5.73 Å². The van der Waals surface area contributed by atoms with E-state index in [0.717, 1.165) is 51.0 Å². The van der Waals surface area contributed by atoms with Crippen molar-refractivity contribution in [3.8, 4) is 0 Å². The molecule has 0 saturated carbocycles. The average Bonchev–Trinajstić information content (AvgIpc) is 3.16. The monoisotopic (exact) mass is 398 g/mol. The molecule has 0 bridgehead atoms. The van der Waals surface area contributed by atoms with Gasteiger partial charge < -0.3 is 15.5 Å². The molecule has 6 nitrogen and oxygen atoms in total. The number of hydrogen-bond acceptors (Lipinski definition) is 5. The van der Waals surface area contributed by atoms with Crippen LogP contribution in [0.4, 0.5) is 5.69 Å². The van der Waals surface area contributed by atoms with Crippen LogP contribution in [-0.2, 0) is 11.2 Å². The highest BCUT2D eigenvalue weighted by atomic mass is 32.1. The molecular weight excluding hydrogens is 372 g/mol. The second-order valence-corrected chi connectivity index (χ2v) is 8.80. The number of nitrogen functional groups attached to an aromatic ring is 1. The topological polar surface area (TPSA) is 79.5 Å². The molecule has 4 rings (SSSR count). The van der Waals surface area contributed by atoms with Crippen molar-refractivity contribution in [2.75, 3.05) is 31.9 Å². The summed E-state index contributed by atoms with van der Waals surface area (Å²) in [6.45, 7) is 2.98. The zero-order valence-corrected chi connectivity index (χ0v) is 16.8. The van der Waals surface area contributed by atoms with Gasteiger partial charge in [-0.05, 0) is 48.3 Å². The summed E-state index contributed by atoms with van der Waals surface area (Å²) < 4.78 is 0. The molecule has 4 heterocycles. The first kappa shape index (κ1) is 18.9. The molecule has 148 valence electrons. The average molecular weight is 399 g/mol. The summed E-state index contributed by atoms with van der Waals surface area (Å²) in [6.07, 6.45) is 5.99. The quantitative estimate of drug-likeness (QED) is 0.859. The fraction of sp³-hybridized carbons (Fsp3) is 0.476. The van der Waals surface area contributed by atoms with Crippen LogP contribution >= 0.6 is 11.3 Å². The first-order valence-electron chi connectivity index (χ1n) is 9.86. The molecule has 28 heavy (non-hydrogen) atoms. The number of piperidine rings is 2. The number of likely N-dealkylation sites (tertiary alicyclic amines) is 2. The lowest BCUT2D eigenvalue weighted by molar-refractivity contribution is -0.138. The van der Waals surface area contributed by atoms with Gasteiger partial charge in [-0.25, -0.2) is 0 Å². The van der Waals surface area contributed by atoms with Crippen molar-refractivity contribution in [3.05, 3.63) is 46.4 Å². The molecule has 2 saturated heterocycles. The number of nitrogens with zero attached hydrogens (tertiary/aromatic N) is 3. The standard InChI is InChI=1S/C21H26N4O2S/c22-17-6-14-28-19(17)20(27)24-12-8-21(9-13-24)7-4-18(26)25(15-21)11-5-16-3-1-2-10-23-16/h1-3,6,10,14H,4-5,7-9,11-13,15,22H2. The zero-order chi connectivity index (χ0) is 19.6. The highest BCUT2D eigenvalue weighted by molar-refractivity contribution is 7.12. The Morgan fingerprint density at radius 1 is 1.21 bits per heavy atom. The summed E-state index contributed by atoms with van der Waals surface area (Å²) in [5.41, 5.74) is 7.63. The van der Waals surface area contributed by atoms with E-state index in [1.165, 1.54) is 11.3 Å². The summed E-state index contributed by atoms with van der Waals surface area (Å²) >= 11 is 1.41. The largest absolute Gasteiger partial charge is 0.397 e. The molecule has 0 unspecified atom stereocenters. The predicted molar refractivity (Wildman–Crippen MR) is 110 cm³/mol. The van der Waals surface area contributed by atoms with E-state index in [-0.39, 0.29) is 17.2 Å². The number of carbonyl (C=O) groups excluding carboxylic acids is 2. The maximum Gasteiger partial charge on any atom is 0.266 e. The molecule has 0 radical (unpaired) electrons. The van der Waals surface area contributed by atoms with E-state index in [4.69, 9.17) is 5.73 Å². The third-order valence-corrected chi connectivity index (χ3v) is 7.03. The van der Waals surface area contributed by atoms with Crippen molar-refractivity contribution in [1.82, 2.24) is 14.8 Å². The Hall–Kier alpha value is -2.41. The van der Waals surface area contributed by atoms with Gasteiger partial charge >= 0.3 is 0 Å². The van der Waals surface area contributed by atoms with Crippen LogP contribution in [0.1, 0.15) is 41.0 Å². The Balaban J connectivity index is 1.36. The van der Waals surface area contributed by atoms with Gasteiger partial charge in [-0.2, -0.15) is 0 Å². The van der Waals surface area contributed by atoms with Crippen molar-refractivity contribution in [2.24, 2.45) is 5.41 Å². The second kappa shape index (κ2) is 7.91. The summed E-state index contributed by atoms with van der Waals surface area (Å²) in [5, 5.41) is 1.86. The number of thiophene rings is 1. The SMILES string of the molecule is Nc1ccsc1C(=O)N1CCC2(CCC(=O)N(CCc3ccccn3)C2)CC1. The van der Waals surface area contributed by atoms with E-state index in [1.807, 2.05) is 33.4 Å². The van der Waals surface area contributed by atoms with Crippen molar-refractivity contribution in [3.63, 3.8) is 0 Å². The summed E-state index contributed by atoms with van der Waals surface area (Å²) in [7, 11) is 0. The third kappa shape index (κ3) is 3.90. The highest BCUT2D eigenvalue weighted by Crippen LogP contribution is 2.40. The molecule has 0 atom stereocenters.